The molecule has 1 aromatic carbocycles. The largest absolute Gasteiger partial charge is 0.453 e. The number of benzene rings is 1. The number of H-pyrrole nitrogens is 1. The van der Waals surface area contributed by atoms with Crippen molar-refractivity contribution in [3.63, 3.8) is 0 Å². The number of hydrogen-bond acceptors (Lipinski definition) is 3. The van der Waals surface area contributed by atoms with Gasteiger partial charge in [0.2, 0.25) is 0 Å². The van der Waals surface area contributed by atoms with Gasteiger partial charge >= 0.3 is 6.18 Å². The number of aromatic amines is 1. The Bertz CT molecular complexity index is 745. The predicted octanol–water partition coefficient (Wildman–Crippen LogP) is 2.92. The Hall–Kier alpha value is -1.90. The second-order valence-electron chi connectivity index (χ2n) is 3.78. The molecule has 5 nitrogen and oxygen atoms in total. The first-order chi connectivity index (χ1) is 8.97. The first kappa shape index (κ1) is 12.2. The van der Waals surface area contributed by atoms with Crippen LogP contribution in [0.1, 0.15) is 5.82 Å². The average Bonchev–Trinajstić information content (AvgIpc) is 2.96. The van der Waals surface area contributed by atoms with E-state index in [2.05, 4.69) is 36.4 Å². The lowest BCUT2D eigenvalue weighted by molar-refractivity contribution is -0.146. The Morgan fingerprint density at radius 3 is 2.79 bits per heavy atom. The highest BCUT2D eigenvalue weighted by atomic mass is 79.9. The molecule has 2 aromatic heterocycles. The van der Waals surface area contributed by atoms with Crippen molar-refractivity contribution in [2.75, 3.05) is 0 Å². The summed E-state index contributed by atoms with van der Waals surface area (Å²) < 4.78 is 39.5. The van der Waals surface area contributed by atoms with Gasteiger partial charge in [-0.15, -0.1) is 5.10 Å². The van der Waals surface area contributed by atoms with Crippen molar-refractivity contribution in [3.8, 4) is 5.69 Å². The van der Waals surface area contributed by atoms with Crippen LogP contribution in [0.25, 0.3) is 16.6 Å². The van der Waals surface area contributed by atoms with E-state index >= 15 is 0 Å². The standard InChI is InChI=1S/C10H5BrF3N5/c11-7-4-6(3-5-1-2-15-8(5)7)19-9(10(12,13)14)16-17-18-19/h1-4,15H. The van der Waals surface area contributed by atoms with Crippen LogP contribution in [0.3, 0.4) is 0 Å². The number of rotatable bonds is 1. The molecule has 0 bridgehead atoms. The molecule has 0 saturated heterocycles. The summed E-state index contributed by atoms with van der Waals surface area (Å²) in [7, 11) is 0. The SMILES string of the molecule is FC(F)(F)c1nnnn1-c1cc(Br)c2[nH]ccc2c1. The molecule has 1 N–H and O–H groups in total. The summed E-state index contributed by atoms with van der Waals surface area (Å²) in [6, 6.07) is 4.84. The molecule has 0 atom stereocenters. The monoisotopic (exact) mass is 331 g/mol. The number of alkyl halides is 3. The Kier molecular flexibility index (Phi) is 2.59. The van der Waals surface area contributed by atoms with Gasteiger partial charge in [-0.05, 0) is 44.6 Å². The zero-order valence-corrected chi connectivity index (χ0v) is 10.7. The van der Waals surface area contributed by atoms with Crippen molar-refractivity contribution in [2.24, 2.45) is 0 Å². The maximum absolute atomic E-state index is 12.7. The molecule has 0 saturated carbocycles. The number of nitrogens with one attached hydrogen (secondary N) is 1. The van der Waals surface area contributed by atoms with Crippen LogP contribution in [0.4, 0.5) is 13.2 Å². The Balaban J connectivity index is 2.22. The molecule has 2 heterocycles. The number of halogens is 4. The van der Waals surface area contributed by atoms with Crippen LogP contribution in [0.15, 0.2) is 28.9 Å². The van der Waals surface area contributed by atoms with Gasteiger partial charge in [0.05, 0.1) is 11.2 Å². The van der Waals surface area contributed by atoms with Gasteiger partial charge in [0.1, 0.15) is 0 Å². The molecule has 3 rings (SSSR count). The molecule has 0 unspecified atom stereocenters. The van der Waals surface area contributed by atoms with Gasteiger partial charge in [-0.1, -0.05) is 0 Å². The average molecular weight is 332 g/mol. The summed E-state index contributed by atoms with van der Waals surface area (Å²) in [5, 5.41) is 10.2. The van der Waals surface area contributed by atoms with E-state index in [-0.39, 0.29) is 5.69 Å². The molecule has 0 radical (unpaired) electrons. The molecule has 0 fully saturated rings. The van der Waals surface area contributed by atoms with Crippen molar-refractivity contribution in [2.45, 2.75) is 6.18 Å². The van der Waals surface area contributed by atoms with Crippen molar-refractivity contribution in [1.82, 2.24) is 25.2 Å². The lowest BCUT2D eigenvalue weighted by Gasteiger charge is -2.08. The van der Waals surface area contributed by atoms with E-state index in [1.165, 1.54) is 6.07 Å². The van der Waals surface area contributed by atoms with Gasteiger partial charge in [0.25, 0.3) is 5.82 Å². The van der Waals surface area contributed by atoms with Crippen molar-refractivity contribution in [1.29, 1.82) is 0 Å². The molecular weight excluding hydrogens is 327 g/mol. The van der Waals surface area contributed by atoms with Crippen molar-refractivity contribution < 1.29 is 13.2 Å². The normalized spacial score (nSPS) is 12.2. The second kappa shape index (κ2) is 4.05. The lowest BCUT2D eigenvalue weighted by Crippen LogP contribution is -2.14. The third-order valence-electron chi connectivity index (χ3n) is 2.56. The number of tetrazole rings is 1. The van der Waals surface area contributed by atoms with E-state index in [1.54, 1.807) is 18.3 Å². The molecule has 19 heavy (non-hydrogen) atoms. The second-order valence-corrected chi connectivity index (χ2v) is 4.64. The highest BCUT2D eigenvalue weighted by Gasteiger charge is 2.38. The zero-order chi connectivity index (χ0) is 13.6. The van der Waals surface area contributed by atoms with Crippen molar-refractivity contribution in [3.05, 3.63) is 34.7 Å². The van der Waals surface area contributed by atoms with Gasteiger partial charge in [-0.3, -0.25) is 0 Å². The van der Waals surface area contributed by atoms with E-state index in [0.29, 0.717) is 9.15 Å². The van der Waals surface area contributed by atoms with Gasteiger partial charge in [-0.25, -0.2) is 0 Å². The Morgan fingerprint density at radius 2 is 2.05 bits per heavy atom. The molecule has 0 amide bonds. The third kappa shape index (κ3) is 1.99. The first-order valence-corrected chi connectivity index (χ1v) is 5.89. The smallest absolute Gasteiger partial charge is 0.360 e. The van der Waals surface area contributed by atoms with E-state index in [1.807, 2.05) is 0 Å². The number of hydrogen-bond donors (Lipinski definition) is 1. The minimum absolute atomic E-state index is 0.233. The van der Waals surface area contributed by atoms with Crippen LogP contribution in [0, 0.1) is 0 Å². The Labute approximate surface area is 112 Å². The lowest BCUT2D eigenvalue weighted by atomic mass is 10.2. The summed E-state index contributed by atoms with van der Waals surface area (Å²) in [4.78, 5) is 2.98. The van der Waals surface area contributed by atoms with Crippen LogP contribution >= 0.6 is 15.9 Å². The molecule has 9 heteroatoms. The van der Waals surface area contributed by atoms with Crippen LogP contribution in [0.5, 0.6) is 0 Å². The molecular formula is C10H5BrF3N5. The summed E-state index contributed by atoms with van der Waals surface area (Å²) in [6.07, 6.45) is -2.91. The summed E-state index contributed by atoms with van der Waals surface area (Å²) in [5.74, 6) is -1.16. The van der Waals surface area contributed by atoms with Gasteiger partial charge in [0, 0.05) is 16.1 Å². The molecule has 3 aromatic rings. The molecule has 0 aliphatic heterocycles. The summed E-state index contributed by atoms with van der Waals surface area (Å²) in [6.45, 7) is 0. The minimum Gasteiger partial charge on any atom is -0.360 e. The van der Waals surface area contributed by atoms with Crippen LogP contribution in [-0.2, 0) is 6.18 Å². The van der Waals surface area contributed by atoms with Gasteiger partial charge in [-0.2, -0.15) is 17.9 Å². The fourth-order valence-electron chi connectivity index (χ4n) is 1.77. The highest BCUT2D eigenvalue weighted by molar-refractivity contribution is 9.10. The topological polar surface area (TPSA) is 59.4 Å². The van der Waals surface area contributed by atoms with Crippen molar-refractivity contribution >= 4 is 26.8 Å². The summed E-state index contributed by atoms with van der Waals surface area (Å²) in [5.41, 5.74) is 1.03. The molecule has 0 spiro atoms. The van der Waals surface area contributed by atoms with E-state index in [0.717, 1.165) is 10.9 Å². The fraction of sp³-hybridized carbons (Fsp3) is 0.100. The first-order valence-electron chi connectivity index (χ1n) is 5.09. The number of aromatic nitrogens is 5. The molecule has 0 aliphatic rings. The van der Waals surface area contributed by atoms with Crippen LogP contribution in [-0.4, -0.2) is 25.2 Å². The molecule has 98 valence electrons. The van der Waals surface area contributed by atoms with Gasteiger partial charge < -0.3 is 4.98 Å². The number of fused-ring (bicyclic) bond motifs is 1. The van der Waals surface area contributed by atoms with E-state index in [9.17, 15) is 13.2 Å². The molecule has 0 aliphatic carbocycles. The van der Waals surface area contributed by atoms with Crippen LogP contribution in [0.2, 0.25) is 0 Å². The third-order valence-corrected chi connectivity index (χ3v) is 3.19. The zero-order valence-electron chi connectivity index (χ0n) is 9.11. The predicted molar refractivity (Wildman–Crippen MR) is 63.7 cm³/mol. The quantitative estimate of drug-likeness (QED) is 0.745. The fourth-order valence-corrected chi connectivity index (χ4v) is 2.35. The number of nitrogens with zero attached hydrogens (tertiary/aromatic N) is 4. The van der Waals surface area contributed by atoms with E-state index in [4.69, 9.17) is 0 Å². The maximum atomic E-state index is 12.7. The minimum atomic E-state index is -4.61. The Morgan fingerprint density at radius 1 is 1.26 bits per heavy atom. The summed E-state index contributed by atoms with van der Waals surface area (Å²) >= 11 is 3.29. The highest BCUT2D eigenvalue weighted by Crippen LogP contribution is 2.31. The van der Waals surface area contributed by atoms with Crippen LogP contribution < -0.4 is 0 Å². The van der Waals surface area contributed by atoms with E-state index < -0.39 is 12.0 Å². The van der Waals surface area contributed by atoms with Gasteiger partial charge in [0.15, 0.2) is 0 Å². The maximum Gasteiger partial charge on any atom is 0.453 e.